The second kappa shape index (κ2) is 8.85. The minimum absolute atomic E-state index is 0.0113. The van der Waals surface area contributed by atoms with Crippen molar-refractivity contribution in [1.82, 2.24) is 9.97 Å². The Kier molecular flexibility index (Phi) is 5.83. The fourth-order valence-electron chi connectivity index (χ4n) is 3.38. The molecule has 0 saturated heterocycles. The van der Waals surface area contributed by atoms with Gasteiger partial charge in [-0.1, -0.05) is 18.6 Å². The van der Waals surface area contributed by atoms with Crippen LogP contribution in [-0.2, 0) is 13.0 Å². The van der Waals surface area contributed by atoms with E-state index in [0.717, 1.165) is 28.1 Å². The lowest BCUT2D eigenvalue weighted by atomic mass is 9.86. The van der Waals surface area contributed by atoms with Crippen LogP contribution in [0.15, 0.2) is 54.9 Å². The minimum Gasteiger partial charge on any atom is -0.492 e. The SMILES string of the molecule is N#Cc1cc(-c2ccnc(Cc3ccc(CO)cn3)c2)ccc1OCC1CCC1. The van der Waals surface area contributed by atoms with E-state index in [9.17, 15) is 5.26 Å². The summed E-state index contributed by atoms with van der Waals surface area (Å²) >= 11 is 0. The van der Waals surface area contributed by atoms with E-state index in [2.05, 4.69) is 16.0 Å². The summed E-state index contributed by atoms with van der Waals surface area (Å²) < 4.78 is 5.88. The maximum Gasteiger partial charge on any atom is 0.137 e. The first-order chi connectivity index (χ1) is 14.2. The number of aliphatic hydroxyl groups excluding tert-OH is 1. The van der Waals surface area contributed by atoms with Crippen molar-refractivity contribution >= 4 is 0 Å². The van der Waals surface area contributed by atoms with Gasteiger partial charge in [-0.15, -0.1) is 0 Å². The van der Waals surface area contributed by atoms with E-state index in [1.165, 1.54) is 19.3 Å². The molecule has 5 nitrogen and oxygen atoms in total. The zero-order valence-electron chi connectivity index (χ0n) is 16.2. The summed E-state index contributed by atoms with van der Waals surface area (Å²) in [5, 5.41) is 18.7. The van der Waals surface area contributed by atoms with E-state index in [1.54, 1.807) is 12.4 Å². The molecule has 1 aliphatic carbocycles. The first-order valence-corrected chi connectivity index (χ1v) is 9.92. The molecule has 146 valence electrons. The van der Waals surface area contributed by atoms with Gasteiger partial charge in [-0.3, -0.25) is 9.97 Å². The van der Waals surface area contributed by atoms with Gasteiger partial charge < -0.3 is 9.84 Å². The summed E-state index contributed by atoms with van der Waals surface area (Å²) in [6, 6.07) is 15.8. The molecule has 0 amide bonds. The molecule has 0 unspecified atom stereocenters. The van der Waals surface area contributed by atoms with Gasteiger partial charge in [0, 0.05) is 30.2 Å². The maximum absolute atomic E-state index is 9.55. The zero-order valence-corrected chi connectivity index (χ0v) is 16.2. The second-order valence-corrected chi connectivity index (χ2v) is 7.46. The monoisotopic (exact) mass is 385 g/mol. The lowest BCUT2D eigenvalue weighted by molar-refractivity contribution is 0.180. The Morgan fingerprint density at radius 2 is 1.90 bits per heavy atom. The molecule has 1 aromatic carbocycles. The Morgan fingerprint density at radius 3 is 2.59 bits per heavy atom. The third-order valence-corrected chi connectivity index (χ3v) is 5.38. The van der Waals surface area contributed by atoms with Crippen LogP contribution in [0.1, 0.15) is 41.8 Å². The molecule has 0 bridgehead atoms. The van der Waals surface area contributed by atoms with Gasteiger partial charge in [0.2, 0.25) is 0 Å². The zero-order chi connectivity index (χ0) is 20.1. The number of rotatable bonds is 7. The molecule has 0 atom stereocenters. The molecular formula is C24H23N3O2. The van der Waals surface area contributed by atoms with Gasteiger partial charge in [0.25, 0.3) is 0 Å². The number of hydrogen-bond donors (Lipinski definition) is 1. The predicted octanol–water partition coefficient (Wildman–Crippen LogP) is 4.28. The number of aromatic nitrogens is 2. The molecule has 29 heavy (non-hydrogen) atoms. The number of aliphatic hydroxyl groups is 1. The smallest absolute Gasteiger partial charge is 0.137 e. The molecule has 1 saturated carbocycles. The van der Waals surface area contributed by atoms with E-state index in [0.29, 0.717) is 30.3 Å². The molecule has 0 radical (unpaired) electrons. The lowest BCUT2D eigenvalue weighted by Gasteiger charge is -2.25. The molecule has 1 fully saturated rings. The summed E-state index contributed by atoms with van der Waals surface area (Å²) in [4.78, 5) is 8.82. The van der Waals surface area contributed by atoms with Crippen LogP contribution in [0.2, 0.25) is 0 Å². The molecule has 0 aliphatic heterocycles. The van der Waals surface area contributed by atoms with Crippen molar-refractivity contribution in [1.29, 1.82) is 5.26 Å². The highest BCUT2D eigenvalue weighted by molar-refractivity contribution is 5.67. The molecule has 1 aliphatic rings. The van der Waals surface area contributed by atoms with Crippen LogP contribution in [0.25, 0.3) is 11.1 Å². The summed E-state index contributed by atoms with van der Waals surface area (Å²) in [7, 11) is 0. The third kappa shape index (κ3) is 4.61. The fourth-order valence-corrected chi connectivity index (χ4v) is 3.38. The minimum atomic E-state index is -0.0113. The molecular weight excluding hydrogens is 362 g/mol. The molecule has 3 aromatic rings. The number of nitrogens with zero attached hydrogens (tertiary/aromatic N) is 3. The Balaban J connectivity index is 1.51. The van der Waals surface area contributed by atoms with E-state index >= 15 is 0 Å². The van der Waals surface area contributed by atoms with Crippen molar-refractivity contribution in [3.8, 4) is 22.9 Å². The number of benzene rings is 1. The van der Waals surface area contributed by atoms with Gasteiger partial charge in [-0.2, -0.15) is 5.26 Å². The van der Waals surface area contributed by atoms with E-state index < -0.39 is 0 Å². The highest BCUT2D eigenvalue weighted by atomic mass is 16.5. The standard InChI is InChI=1S/C24H23N3O2/c25-13-21-10-19(5-7-24(21)29-16-17-2-1-3-17)20-8-9-26-23(11-20)12-22-6-4-18(15-28)14-27-22/h4-11,14,17,28H,1-3,12,15-16H2. The van der Waals surface area contributed by atoms with Gasteiger partial charge in [0.05, 0.1) is 18.8 Å². The summed E-state index contributed by atoms with van der Waals surface area (Å²) in [5.74, 6) is 1.29. The highest BCUT2D eigenvalue weighted by Crippen LogP contribution is 2.30. The third-order valence-electron chi connectivity index (χ3n) is 5.38. The lowest BCUT2D eigenvalue weighted by Crippen LogP contribution is -2.19. The van der Waals surface area contributed by atoms with Crippen molar-refractivity contribution < 1.29 is 9.84 Å². The predicted molar refractivity (Wildman–Crippen MR) is 110 cm³/mol. The molecule has 1 N–H and O–H groups in total. The van der Waals surface area contributed by atoms with Gasteiger partial charge in [0.15, 0.2) is 0 Å². The average molecular weight is 385 g/mol. The quantitative estimate of drug-likeness (QED) is 0.657. The number of ether oxygens (including phenoxy) is 1. The van der Waals surface area contributed by atoms with Crippen LogP contribution in [0, 0.1) is 17.2 Å². The number of pyridine rings is 2. The molecule has 4 rings (SSSR count). The number of nitriles is 1. The molecule has 2 heterocycles. The van der Waals surface area contributed by atoms with Crippen molar-refractivity contribution in [2.45, 2.75) is 32.3 Å². The first kappa shape index (κ1) is 19.1. The van der Waals surface area contributed by atoms with Gasteiger partial charge in [0.1, 0.15) is 11.8 Å². The van der Waals surface area contributed by atoms with Crippen molar-refractivity contribution in [2.24, 2.45) is 5.92 Å². The summed E-state index contributed by atoms with van der Waals surface area (Å²) in [5.41, 5.74) is 5.11. The highest BCUT2D eigenvalue weighted by Gasteiger charge is 2.18. The van der Waals surface area contributed by atoms with Crippen LogP contribution >= 0.6 is 0 Å². The average Bonchev–Trinajstić information content (AvgIpc) is 2.73. The van der Waals surface area contributed by atoms with E-state index in [4.69, 9.17) is 9.84 Å². The van der Waals surface area contributed by atoms with Gasteiger partial charge >= 0.3 is 0 Å². The summed E-state index contributed by atoms with van der Waals surface area (Å²) in [6.07, 6.45) is 7.78. The molecule has 5 heteroatoms. The van der Waals surface area contributed by atoms with Crippen molar-refractivity contribution in [3.05, 3.63) is 77.4 Å². The van der Waals surface area contributed by atoms with Gasteiger partial charge in [-0.25, -0.2) is 0 Å². The van der Waals surface area contributed by atoms with Crippen LogP contribution in [0.5, 0.6) is 5.75 Å². The Labute approximate surface area is 170 Å². The largest absolute Gasteiger partial charge is 0.492 e. The normalized spacial score (nSPS) is 13.5. The van der Waals surface area contributed by atoms with E-state index in [-0.39, 0.29) is 6.61 Å². The maximum atomic E-state index is 9.55. The Bertz CT molecular complexity index is 1020. The van der Waals surface area contributed by atoms with E-state index in [1.807, 2.05) is 42.5 Å². The molecule has 0 spiro atoms. The Hall–Kier alpha value is -3.23. The van der Waals surface area contributed by atoms with Crippen molar-refractivity contribution in [2.75, 3.05) is 6.61 Å². The fraction of sp³-hybridized carbons (Fsp3) is 0.292. The van der Waals surface area contributed by atoms with Crippen molar-refractivity contribution in [3.63, 3.8) is 0 Å². The van der Waals surface area contributed by atoms with Crippen LogP contribution in [-0.4, -0.2) is 21.7 Å². The van der Waals surface area contributed by atoms with Crippen LogP contribution in [0.3, 0.4) is 0 Å². The van der Waals surface area contributed by atoms with Gasteiger partial charge in [-0.05, 0) is 65.8 Å². The second-order valence-electron chi connectivity index (χ2n) is 7.46. The number of hydrogen-bond acceptors (Lipinski definition) is 5. The first-order valence-electron chi connectivity index (χ1n) is 9.92. The molecule has 2 aromatic heterocycles. The summed E-state index contributed by atoms with van der Waals surface area (Å²) in [6.45, 7) is 0.679. The Morgan fingerprint density at radius 1 is 1.03 bits per heavy atom. The van der Waals surface area contributed by atoms with Crippen LogP contribution < -0.4 is 4.74 Å². The topological polar surface area (TPSA) is 79.0 Å². The van der Waals surface area contributed by atoms with Crippen LogP contribution in [0.4, 0.5) is 0 Å².